The van der Waals surface area contributed by atoms with Crippen molar-refractivity contribution in [1.29, 1.82) is 0 Å². The molecule has 0 spiro atoms. The fourth-order valence-electron chi connectivity index (χ4n) is 2.52. The maximum atomic E-state index is 12.5. The van der Waals surface area contributed by atoms with Gasteiger partial charge in [-0.05, 0) is 45.7 Å². The topological polar surface area (TPSA) is 38.3 Å². The summed E-state index contributed by atoms with van der Waals surface area (Å²) in [5, 5.41) is 3.37. The summed E-state index contributed by atoms with van der Waals surface area (Å²) < 4.78 is 5.60. The molecule has 0 radical (unpaired) electrons. The number of nitrogens with one attached hydrogen (secondary N) is 1. The zero-order valence-corrected chi connectivity index (χ0v) is 12.0. The van der Waals surface area contributed by atoms with Crippen molar-refractivity contribution in [3.63, 3.8) is 0 Å². The molecule has 0 amide bonds. The van der Waals surface area contributed by atoms with Gasteiger partial charge in [0.2, 0.25) is 0 Å². The summed E-state index contributed by atoms with van der Waals surface area (Å²) in [6.45, 7) is 6.62. The Morgan fingerprint density at radius 3 is 2.53 bits per heavy atom. The van der Waals surface area contributed by atoms with Crippen LogP contribution in [0.4, 0.5) is 0 Å². The molecule has 0 bridgehead atoms. The van der Waals surface area contributed by atoms with E-state index in [4.69, 9.17) is 4.74 Å². The normalized spacial score (nSPS) is 23.3. The molecule has 19 heavy (non-hydrogen) atoms. The molecule has 3 nitrogen and oxygen atoms in total. The third-order valence-corrected chi connectivity index (χ3v) is 3.38. The Hall–Kier alpha value is -1.35. The van der Waals surface area contributed by atoms with Crippen molar-refractivity contribution < 1.29 is 9.53 Å². The van der Waals surface area contributed by atoms with Crippen LogP contribution in [0.3, 0.4) is 0 Å². The molecule has 1 unspecified atom stereocenters. The van der Waals surface area contributed by atoms with E-state index in [-0.39, 0.29) is 5.97 Å². The summed E-state index contributed by atoms with van der Waals surface area (Å²) in [7, 11) is 0. The van der Waals surface area contributed by atoms with Gasteiger partial charge in [0.25, 0.3) is 0 Å². The molecule has 1 saturated heterocycles. The highest BCUT2D eigenvalue weighted by atomic mass is 16.6. The van der Waals surface area contributed by atoms with Crippen molar-refractivity contribution in [2.75, 3.05) is 6.54 Å². The van der Waals surface area contributed by atoms with E-state index >= 15 is 0 Å². The highest BCUT2D eigenvalue weighted by molar-refractivity contribution is 5.82. The molecule has 1 aliphatic rings. The Labute approximate surface area is 115 Å². The van der Waals surface area contributed by atoms with Crippen LogP contribution in [0.1, 0.15) is 39.2 Å². The van der Waals surface area contributed by atoms with Crippen molar-refractivity contribution in [3.8, 4) is 0 Å². The van der Waals surface area contributed by atoms with E-state index in [9.17, 15) is 4.79 Å². The van der Waals surface area contributed by atoms with Gasteiger partial charge in [-0.15, -0.1) is 0 Å². The number of carbonyl (C=O) groups excluding carboxylic acids is 1. The number of ether oxygens (including phenoxy) is 1. The van der Waals surface area contributed by atoms with Crippen LogP contribution in [0.2, 0.25) is 0 Å². The van der Waals surface area contributed by atoms with Crippen LogP contribution in [0, 0.1) is 0 Å². The summed E-state index contributed by atoms with van der Waals surface area (Å²) >= 11 is 0. The Morgan fingerprint density at radius 1 is 1.32 bits per heavy atom. The van der Waals surface area contributed by atoms with Gasteiger partial charge in [0.15, 0.2) is 0 Å². The number of hydrogen-bond donors (Lipinski definition) is 1. The largest absolute Gasteiger partial charge is 0.459 e. The average Bonchev–Trinajstić information content (AvgIpc) is 2.78. The van der Waals surface area contributed by atoms with Gasteiger partial charge in [0, 0.05) is 6.42 Å². The standard InChI is InChI=1S/C16H23NO2/c1-15(2,3)19-14(18)16(10-7-11-17-16)12-13-8-5-4-6-9-13/h4-6,8-9,17H,7,10-12H2,1-3H3. The van der Waals surface area contributed by atoms with Crippen LogP contribution in [0.5, 0.6) is 0 Å². The number of carbonyl (C=O) groups is 1. The van der Waals surface area contributed by atoms with E-state index in [1.807, 2.05) is 39.0 Å². The van der Waals surface area contributed by atoms with Crippen molar-refractivity contribution in [2.45, 2.75) is 51.2 Å². The fourth-order valence-corrected chi connectivity index (χ4v) is 2.52. The van der Waals surface area contributed by atoms with E-state index in [0.29, 0.717) is 6.42 Å². The maximum absolute atomic E-state index is 12.5. The van der Waals surface area contributed by atoms with E-state index in [2.05, 4.69) is 17.4 Å². The third-order valence-electron chi connectivity index (χ3n) is 3.38. The summed E-state index contributed by atoms with van der Waals surface area (Å²) in [5.74, 6) is -0.124. The maximum Gasteiger partial charge on any atom is 0.327 e. The third kappa shape index (κ3) is 3.57. The summed E-state index contributed by atoms with van der Waals surface area (Å²) in [6.07, 6.45) is 2.56. The highest BCUT2D eigenvalue weighted by Crippen LogP contribution is 2.27. The van der Waals surface area contributed by atoms with Gasteiger partial charge in [-0.3, -0.25) is 4.79 Å². The number of esters is 1. The average molecular weight is 261 g/mol. The van der Waals surface area contributed by atoms with Crippen molar-refractivity contribution in [2.24, 2.45) is 0 Å². The van der Waals surface area contributed by atoms with Gasteiger partial charge in [-0.25, -0.2) is 0 Å². The summed E-state index contributed by atoms with van der Waals surface area (Å²) in [4.78, 5) is 12.5. The first-order chi connectivity index (χ1) is 8.91. The number of hydrogen-bond acceptors (Lipinski definition) is 3. The predicted octanol–water partition coefficient (Wildman–Crippen LogP) is 2.69. The Kier molecular flexibility index (Phi) is 3.95. The van der Waals surface area contributed by atoms with Crippen molar-refractivity contribution in [3.05, 3.63) is 35.9 Å². The molecule has 1 aliphatic heterocycles. The second kappa shape index (κ2) is 5.33. The van der Waals surface area contributed by atoms with E-state index in [0.717, 1.165) is 19.4 Å². The van der Waals surface area contributed by atoms with E-state index < -0.39 is 11.1 Å². The van der Waals surface area contributed by atoms with Gasteiger partial charge in [0.05, 0.1) is 0 Å². The van der Waals surface area contributed by atoms with Crippen LogP contribution in [-0.2, 0) is 16.0 Å². The minimum atomic E-state index is -0.547. The zero-order valence-electron chi connectivity index (χ0n) is 12.0. The summed E-state index contributed by atoms with van der Waals surface area (Å²) in [6, 6.07) is 10.1. The van der Waals surface area contributed by atoms with Crippen LogP contribution < -0.4 is 5.32 Å². The van der Waals surface area contributed by atoms with Gasteiger partial charge < -0.3 is 10.1 Å². The first kappa shape index (κ1) is 14.1. The zero-order chi connectivity index (χ0) is 13.9. The lowest BCUT2D eigenvalue weighted by Gasteiger charge is -2.31. The van der Waals surface area contributed by atoms with Gasteiger partial charge in [-0.2, -0.15) is 0 Å². The number of benzene rings is 1. The lowest BCUT2D eigenvalue weighted by atomic mass is 9.89. The Balaban J connectivity index is 2.16. The van der Waals surface area contributed by atoms with Crippen LogP contribution >= 0.6 is 0 Å². The SMILES string of the molecule is CC(C)(C)OC(=O)C1(Cc2ccccc2)CCCN1. The highest BCUT2D eigenvalue weighted by Gasteiger charge is 2.43. The minimum Gasteiger partial charge on any atom is -0.459 e. The quantitative estimate of drug-likeness (QED) is 0.850. The number of rotatable bonds is 3. The van der Waals surface area contributed by atoms with Gasteiger partial charge in [0.1, 0.15) is 11.1 Å². The molecule has 1 N–H and O–H groups in total. The lowest BCUT2D eigenvalue weighted by Crippen LogP contribution is -2.52. The lowest BCUT2D eigenvalue weighted by molar-refractivity contribution is -0.162. The Morgan fingerprint density at radius 2 is 2.00 bits per heavy atom. The first-order valence-electron chi connectivity index (χ1n) is 6.94. The molecule has 104 valence electrons. The molecule has 0 saturated carbocycles. The minimum absolute atomic E-state index is 0.124. The summed E-state index contributed by atoms with van der Waals surface area (Å²) in [5.41, 5.74) is 0.183. The Bertz CT molecular complexity index is 428. The molecule has 1 atom stereocenters. The molecular weight excluding hydrogens is 238 g/mol. The fraction of sp³-hybridized carbons (Fsp3) is 0.562. The molecular formula is C16H23NO2. The second-order valence-electron chi connectivity index (χ2n) is 6.28. The molecule has 0 aromatic heterocycles. The molecule has 1 heterocycles. The van der Waals surface area contributed by atoms with Gasteiger partial charge in [-0.1, -0.05) is 30.3 Å². The monoisotopic (exact) mass is 261 g/mol. The predicted molar refractivity (Wildman–Crippen MR) is 76.0 cm³/mol. The first-order valence-corrected chi connectivity index (χ1v) is 6.94. The molecule has 1 aromatic carbocycles. The van der Waals surface area contributed by atoms with E-state index in [1.54, 1.807) is 0 Å². The van der Waals surface area contributed by atoms with Crippen molar-refractivity contribution >= 4 is 5.97 Å². The molecule has 1 aromatic rings. The van der Waals surface area contributed by atoms with Crippen LogP contribution in [0.25, 0.3) is 0 Å². The van der Waals surface area contributed by atoms with Gasteiger partial charge >= 0.3 is 5.97 Å². The van der Waals surface area contributed by atoms with Crippen molar-refractivity contribution in [1.82, 2.24) is 5.32 Å². The molecule has 1 fully saturated rings. The molecule has 2 rings (SSSR count). The van der Waals surface area contributed by atoms with Crippen LogP contribution in [-0.4, -0.2) is 23.7 Å². The molecule has 0 aliphatic carbocycles. The second-order valence-corrected chi connectivity index (χ2v) is 6.28. The van der Waals surface area contributed by atoms with Crippen LogP contribution in [0.15, 0.2) is 30.3 Å². The van der Waals surface area contributed by atoms with E-state index in [1.165, 1.54) is 5.56 Å². The molecule has 3 heteroatoms. The smallest absolute Gasteiger partial charge is 0.327 e.